The van der Waals surface area contributed by atoms with Crippen LogP contribution in [0, 0.1) is 10.1 Å². The van der Waals surface area contributed by atoms with Crippen molar-refractivity contribution in [2.75, 3.05) is 26.2 Å². The Labute approximate surface area is 161 Å². The Balaban J connectivity index is 1.62. The predicted molar refractivity (Wildman–Crippen MR) is 101 cm³/mol. The number of para-hydroxylation sites is 1. The minimum absolute atomic E-state index is 0.135. The summed E-state index contributed by atoms with van der Waals surface area (Å²) < 4.78 is 0. The largest absolute Gasteiger partial charge is 0.336 e. The molecule has 0 atom stereocenters. The van der Waals surface area contributed by atoms with Crippen molar-refractivity contribution in [3.8, 4) is 0 Å². The highest BCUT2D eigenvalue weighted by atomic mass is 35.5. The molecule has 0 bridgehead atoms. The molecule has 3 rings (SSSR count). The quantitative estimate of drug-likeness (QED) is 0.584. The maximum atomic E-state index is 12.6. The van der Waals surface area contributed by atoms with Crippen LogP contribution >= 0.6 is 23.2 Å². The molecular formula is C18H17Cl2N3O3. The summed E-state index contributed by atoms with van der Waals surface area (Å²) in [5.41, 5.74) is 1.03. The van der Waals surface area contributed by atoms with Crippen molar-refractivity contribution in [2.24, 2.45) is 0 Å². The Morgan fingerprint density at radius 2 is 1.73 bits per heavy atom. The van der Waals surface area contributed by atoms with Gasteiger partial charge in [-0.1, -0.05) is 41.4 Å². The number of nitro groups is 1. The van der Waals surface area contributed by atoms with E-state index in [0.717, 1.165) is 5.56 Å². The van der Waals surface area contributed by atoms with Gasteiger partial charge in [0, 0.05) is 38.8 Å². The van der Waals surface area contributed by atoms with E-state index >= 15 is 0 Å². The van der Waals surface area contributed by atoms with Crippen molar-refractivity contribution < 1.29 is 9.72 Å². The number of halogens is 2. The molecule has 0 aromatic heterocycles. The van der Waals surface area contributed by atoms with Gasteiger partial charge in [0.2, 0.25) is 0 Å². The summed E-state index contributed by atoms with van der Waals surface area (Å²) in [4.78, 5) is 27.1. The van der Waals surface area contributed by atoms with Crippen molar-refractivity contribution >= 4 is 34.8 Å². The second kappa shape index (κ2) is 8.03. The van der Waals surface area contributed by atoms with Crippen LogP contribution in [0.25, 0.3) is 0 Å². The molecule has 0 spiro atoms. The molecule has 1 heterocycles. The number of carbonyl (C=O) groups excluding carboxylic acids is 1. The van der Waals surface area contributed by atoms with Crippen molar-refractivity contribution in [2.45, 2.75) is 6.54 Å². The van der Waals surface area contributed by atoms with Crippen LogP contribution in [0.2, 0.25) is 10.0 Å². The first-order valence-corrected chi connectivity index (χ1v) is 8.90. The summed E-state index contributed by atoms with van der Waals surface area (Å²) in [7, 11) is 0. The van der Waals surface area contributed by atoms with E-state index in [0.29, 0.717) is 42.8 Å². The first kappa shape index (κ1) is 18.6. The first-order chi connectivity index (χ1) is 12.5. The van der Waals surface area contributed by atoms with E-state index < -0.39 is 4.92 Å². The highest BCUT2D eigenvalue weighted by molar-refractivity contribution is 6.42. The Bertz CT molecular complexity index is 836. The predicted octanol–water partition coefficient (Wildman–Crippen LogP) is 3.86. The average molecular weight is 394 g/mol. The highest BCUT2D eigenvalue weighted by Gasteiger charge is 2.27. The fourth-order valence-corrected chi connectivity index (χ4v) is 3.31. The monoisotopic (exact) mass is 393 g/mol. The molecular weight excluding hydrogens is 377 g/mol. The molecule has 1 aliphatic heterocycles. The number of hydrogen-bond acceptors (Lipinski definition) is 4. The molecule has 0 unspecified atom stereocenters. The van der Waals surface area contributed by atoms with Crippen LogP contribution in [0.15, 0.2) is 42.5 Å². The number of carbonyl (C=O) groups is 1. The molecule has 8 heteroatoms. The van der Waals surface area contributed by atoms with Gasteiger partial charge in [-0.25, -0.2) is 0 Å². The molecule has 0 radical (unpaired) electrons. The van der Waals surface area contributed by atoms with E-state index in [-0.39, 0.29) is 17.2 Å². The molecule has 2 aromatic rings. The number of piperazine rings is 1. The lowest BCUT2D eigenvalue weighted by molar-refractivity contribution is -0.385. The summed E-state index contributed by atoms with van der Waals surface area (Å²) >= 11 is 12.0. The van der Waals surface area contributed by atoms with Gasteiger partial charge < -0.3 is 4.90 Å². The number of hydrogen-bond donors (Lipinski definition) is 0. The molecule has 1 aliphatic rings. The third kappa shape index (κ3) is 4.15. The normalized spacial score (nSPS) is 15.1. The topological polar surface area (TPSA) is 66.7 Å². The summed E-state index contributed by atoms with van der Waals surface area (Å²) in [5.74, 6) is -0.300. The number of amides is 1. The molecule has 1 fully saturated rings. The maximum Gasteiger partial charge on any atom is 0.282 e. The first-order valence-electron chi connectivity index (χ1n) is 8.14. The van der Waals surface area contributed by atoms with Crippen molar-refractivity contribution in [1.82, 2.24) is 9.80 Å². The minimum Gasteiger partial charge on any atom is -0.336 e. The molecule has 1 saturated heterocycles. The SMILES string of the molecule is O=C(c1ccccc1[N+](=O)[O-])N1CCN(Cc2ccc(Cl)c(Cl)c2)CC1. The highest BCUT2D eigenvalue weighted by Crippen LogP contribution is 2.24. The zero-order valence-electron chi connectivity index (χ0n) is 13.9. The number of rotatable bonds is 4. The van der Waals surface area contributed by atoms with Crippen LogP contribution in [-0.2, 0) is 6.54 Å². The molecule has 2 aromatic carbocycles. The van der Waals surface area contributed by atoms with Gasteiger partial charge in [0.25, 0.3) is 11.6 Å². The summed E-state index contributed by atoms with van der Waals surface area (Å²) in [6, 6.07) is 11.6. The van der Waals surface area contributed by atoms with E-state index in [1.807, 2.05) is 12.1 Å². The van der Waals surface area contributed by atoms with E-state index in [4.69, 9.17) is 23.2 Å². The molecule has 6 nitrogen and oxygen atoms in total. The van der Waals surface area contributed by atoms with E-state index in [9.17, 15) is 14.9 Å². The molecule has 0 N–H and O–H groups in total. The summed E-state index contributed by atoms with van der Waals surface area (Å²) in [6.45, 7) is 3.13. The van der Waals surface area contributed by atoms with Crippen molar-refractivity contribution in [1.29, 1.82) is 0 Å². The fourth-order valence-electron chi connectivity index (χ4n) is 2.99. The minimum atomic E-state index is -0.520. The Hall–Kier alpha value is -2.15. The van der Waals surface area contributed by atoms with Crippen LogP contribution in [0.4, 0.5) is 5.69 Å². The van der Waals surface area contributed by atoms with Crippen LogP contribution in [0.3, 0.4) is 0 Å². The third-order valence-electron chi connectivity index (χ3n) is 4.38. The summed E-state index contributed by atoms with van der Waals surface area (Å²) in [5, 5.41) is 12.2. The Kier molecular flexibility index (Phi) is 5.76. The average Bonchev–Trinajstić information content (AvgIpc) is 2.65. The van der Waals surface area contributed by atoms with Gasteiger partial charge >= 0.3 is 0 Å². The second-order valence-electron chi connectivity index (χ2n) is 6.09. The van der Waals surface area contributed by atoms with Gasteiger partial charge in [-0.3, -0.25) is 19.8 Å². The van der Waals surface area contributed by atoms with Gasteiger partial charge in [-0.2, -0.15) is 0 Å². The van der Waals surface area contributed by atoms with Gasteiger partial charge in [-0.15, -0.1) is 0 Å². The zero-order chi connectivity index (χ0) is 18.7. The van der Waals surface area contributed by atoms with E-state index in [1.165, 1.54) is 12.1 Å². The molecule has 0 aliphatic carbocycles. The summed E-state index contributed by atoms with van der Waals surface area (Å²) in [6.07, 6.45) is 0. The third-order valence-corrected chi connectivity index (χ3v) is 5.12. The zero-order valence-corrected chi connectivity index (χ0v) is 15.4. The maximum absolute atomic E-state index is 12.6. The van der Waals surface area contributed by atoms with Crippen molar-refractivity contribution in [3.63, 3.8) is 0 Å². The standard InChI is InChI=1S/C18H17Cl2N3O3/c19-15-6-5-13(11-16(15)20)12-21-7-9-22(10-8-21)18(24)14-3-1-2-4-17(14)23(25)26/h1-6,11H,7-10,12H2. The van der Waals surface area contributed by atoms with Gasteiger partial charge in [0.05, 0.1) is 15.0 Å². The Morgan fingerprint density at radius 1 is 1.04 bits per heavy atom. The van der Waals surface area contributed by atoms with Crippen molar-refractivity contribution in [3.05, 3.63) is 73.8 Å². The molecule has 26 heavy (non-hydrogen) atoms. The van der Waals surface area contributed by atoms with Crippen LogP contribution in [0.5, 0.6) is 0 Å². The number of nitrogens with zero attached hydrogens (tertiary/aromatic N) is 3. The van der Waals surface area contributed by atoms with Gasteiger partial charge in [0.15, 0.2) is 0 Å². The number of nitro benzene ring substituents is 1. The number of benzene rings is 2. The van der Waals surface area contributed by atoms with E-state index in [2.05, 4.69) is 4.90 Å². The lowest BCUT2D eigenvalue weighted by Gasteiger charge is -2.34. The lowest BCUT2D eigenvalue weighted by Crippen LogP contribution is -2.48. The smallest absolute Gasteiger partial charge is 0.282 e. The van der Waals surface area contributed by atoms with Crippen LogP contribution < -0.4 is 0 Å². The van der Waals surface area contributed by atoms with E-state index in [1.54, 1.807) is 23.1 Å². The molecule has 0 saturated carbocycles. The van der Waals surface area contributed by atoms with Gasteiger partial charge in [0.1, 0.15) is 5.56 Å². The lowest BCUT2D eigenvalue weighted by atomic mass is 10.1. The van der Waals surface area contributed by atoms with Crippen LogP contribution in [-0.4, -0.2) is 46.8 Å². The fraction of sp³-hybridized carbons (Fsp3) is 0.278. The molecule has 136 valence electrons. The second-order valence-corrected chi connectivity index (χ2v) is 6.91. The van der Waals surface area contributed by atoms with Crippen LogP contribution in [0.1, 0.15) is 15.9 Å². The van der Waals surface area contributed by atoms with Gasteiger partial charge in [-0.05, 0) is 23.8 Å². The Morgan fingerprint density at radius 3 is 2.38 bits per heavy atom. The molecule has 1 amide bonds.